The molecule has 0 amide bonds. The van der Waals surface area contributed by atoms with Gasteiger partial charge in [0.1, 0.15) is 0 Å². The van der Waals surface area contributed by atoms with Crippen molar-refractivity contribution in [3.63, 3.8) is 0 Å². The highest BCUT2D eigenvalue weighted by molar-refractivity contribution is 7.98. The van der Waals surface area contributed by atoms with Crippen LogP contribution in [0.5, 0.6) is 0 Å². The Balaban J connectivity index is 2.38. The molecule has 4 heteroatoms. The topological polar surface area (TPSA) is 37.3 Å². The van der Waals surface area contributed by atoms with Gasteiger partial charge in [0.15, 0.2) is 0 Å². The van der Waals surface area contributed by atoms with E-state index in [1.807, 2.05) is 48.0 Å². The number of hydrogen-bond acceptors (Lipinski definition) is 3. The lowest BCUT2D eigenvalue weighted by Gasteiger charge is -2.03. The molecule has 2 nitrogen and oxygen atoms in total. The van der Waals surface area contributed by atoms with Gasteiger partial charge >= 0.3 is 5.97 Å². The third-order valence-electron chi connectivity index (χ3n) is 2.46. The van der Waals surface area contributed by atoms with E-state index in [0.29, 0.717) is 5.57 Å². The molecule has 2 aromatic rings. The second-order valence-corrected chi connectivity index (χ2v) is 5.47. The molecule has 0 spiro atoms. The molecule has 0 radical (unpaired) electrons. The molecule has 0 aliphatic rings. The maximum atomic E-state index is 11.3. The van der Waals surface area contributed by atoms with Crippen LogP contribution in [0.15, 0.2) is 46.7 Å². The Morgan fingerprint density at radius 2 is 2.00 bits per heavy atom. The largest absolute Gasteiger partial charge is 0.478 e. The van der Waals surface area contributed by atoms with Crippen molar-refractivity contribution in [3.8, 4) is 0 Å². The Labute approximate surface area is 114 Å². The Morgan fingerprint density at radius 3 is 2.50 bits per heavy atom. The van der Waals surface area contributed by atoms with Gasteiger partial charge in [0.2, 0.25) is 0 Å². The maximum absolute atomic E-state index is 11.3. The third-order valence-corrected chi connectivity index (χ3v) is 4.02. The van der Waals surface area contributed by atoms with Crippen LogP contribution in [0.1, 0.15) is 10.4 Å². The van der Waals surface area contributed by atoms with Crippen molar-refractivity contribution in [2.75, 3.05) is 6.26 Å². The Bertz CT molecular complexity index is 554. The number of thioether (sulfide) groups is 1. The Morgan fingerprint density at radius 1 is 1.28 bits per heavy atom. The molecule has 0 atom stereocenters. The van der Waals surface area contributed by atoms with E-state index < -0.39 is 5.97 Å². The van der Waals surface area contributed by atoms with E-state index in [-0.39, 0.29) is 0 Å². The lowest BCUT2D eigenvalue weighted by atomic mass is 10.1. The summed E-state index contributed by atoms with van der Waals surface area (Å²) in [5.41, 5.74) is 1.05. The second-order valence-electron chi connectivity index (χ2n) is 3.61. The average molecular weight is 276 g/mol. The quantitative estimate of drug-likeness (QED) is 0.675. The van der Waals surface area contributed by atoms with E-state index >= 15 is 0 Å². The summed E-state index contributed by atoms with van der Waals surface area (Å²) in [5, 5.41) is 11.2. The van der Waals surface area contributed by atoms with E-state index in [4.69, 9.17) is 0 Å². The molecular formula is C14H12O2S2. The van der Waals surface area contributed by atoms with Gasteiger partial charge in [-0.3, -0.25) is 0 Å². The minimum atomic E-state index is -0.902. The number of benzene rings is 1. The van der Waals surface area contributed by atoms with Crippen LogP contribution in [0.2, 0.25) is 0 Å². The number of carboxylic acid groups (broad SMARTS) is 1. The summed E-state index contributed by atoms with van der Waals surface area (Å²) < 4.78 is 0. The minimum absolute atomic E-state index is 0.324. The van der Waals surface area contributed by atoms with Gasteiger partial charge in [-0.05, 0) is 41.5 Å². The van der Waals surface area contributed by atoms with Gasteiger partial charge in [0.05, 0.1) is 5.57 Å². The number of aliphatic carboxylic acids is 1. The summed E-state index contributed by atoms with van der Waals surface area (Å²) in [7, 11) is 0. The van der Waals surface area contributed by atoms with Crippen LogP contribution in [0.25, 0.3) is 11.6 Å². The van der Waals surface area contributed by atoms with Crippen LogP contribution < -0.4 is 0 Å². The summed E-state index contributed by atoms with van der Waals surface area (Å²) in [6.07, 6.45) is 3.70. The molecule has 0 bridgehead atoms. The van der Waals surface area contributed by atoms with Gasteiger partial charge < -0.3 is 5.11 Å². The van der Waals surface area contributed by atoms with E-state index in [9.17, 15) is 9.90 Å². The van der Waals surface area contributed by atoms with Gasteiger partial charge in [-0.15, -0.1) is 23.1 Å². The molecule has 1 N–H and O–H groups in total. The van der Waals surface area contributed by atoms with Crippen molar-refractivity contribution < 1.29 is 9.90 Å². The molecule has 92 valence electrons. The first-order valence-electron chi connectivity index (χ1n) is 5.33. The molecule has 1 heterocycles. The van der Waals surface area contributed by atoms with E-state index in [0.717, 1.165) is 15.3 Å². The van der Waals surface area contributed by atoms with Gasteiger partial charge in [-0.2, -0.15) is 0 Å². The van der Waals surface area contributed by atoms with E-state index in [1.54, 1.807) is 17.8 Å². The fourth-order valence-corrected chi connectivity index (χ4v) is 2.62. The van der Waals surface area contributed by atoms with E-state index in [2.05, 4.69) is 0 Å². The van der Waals surface area contributed by atoms with Gasteiger partial charge in [-0.25, -0.2) is 4.79 Å². The van der Waals surface area contributed by atoms with Crippen molar-refractivity contribution in [2.45, 2.75) is 4.90 Å². The average Bonchev–Trinajstić information content (AvgIpc) is 2.89. The van der Waals surface area contributed by atoms with Crippen molar-refractivity contribution >= 4 is 40.7 Å². The first kappa shape index (κ1) is 12.9. The van der Waals surface area contributed by atoms with Gasteiger partial charge in [-0.1, -0.05) is 18.2 Å². The molecule has 0 aliphatic carbocycles. The molecule has 0 fully saturated rings. The molecule has 1 aromatic heterocycles. The fourth-order valence-electron chi connectivity index (χ4n) is 1.55. The zero-order valence-corrected chi connectivity index (χ0v) is 11.4. The molecule has 2 rings (SSSR count). The summed E-state index contributed by atoms with van der Waals surface area (Å²) in [6, 6.07) is 11.4. The molecular weight excluding hydrogens is 264 g/mol. The highest BCUT2D eigenvalue weighted by Gasteiger charge is 2.10. The van der Waals surface area contributed by atoms with Crippen molar-refractivity contribution in [2.24, 2.45) is 0 Å². The molecule has 0 aliphatic heterocycles. The molecule has 0 saturated carbocycles. The smallest absolute Gasteiger partial charge is 0.336 e. The first-order valence-corrected chi connectivity index (χ1v) is 7.44. The number of carboxylic acids is 1. The summed E-state index contributed by atoms with van der Waals surface area (Å²) in [4.78, 5) is 13.4. The van der Waals surface area contributed by atoms with Crippen LogP contribution in [0.4, 0.5) is 0 Å². The van der Waals surface area contributed by atoms with Gasteiger partial charge in [0.25, 0.3) is 0 Å². The number of carbonyl (C=O) groups is 1. The molecule has 18 heavy (non-hydrogen) atoms. The maximum Gasteiger partial charge on any atom is 0.336 e. The van der Waals surface area contributed by atoms with Crippen LogP contribution in [-0.4, -0.2) is 17.3 Å². The predicted octanol–water partition coefficient (Wildman–Crippen LogP) is 4.10. The van der Waals surface area contributed by atoms with Crippen LogP contribution in [-0.2, 0) is 4.79 Å². The summed E-state index contributed by atoms with van der Waals surface area (Å²) in [5.74, 6) is -0.902. The van der Waals surface area contributed by atoms with Crippen LogP contribution in [0, 0.1) is 0 Å². The normalized spacial score (nSPS) is 11.5. The Hall–Kier alpha value is -1.52. The van der Waals surface area contributed by atoms with Crippen LogP contribution in [0.3, 0.4) is 0 Å². The SMILES string of the molecule is CSc1ccc(/C(=C\c2cccs2)C(=O)O)cc1. The zero-order valence-electron chi connectivity index (χ0n) is 9.79. The fraction of sp³-hybridized carbons (Fsp3) is 0.0714. The van der Waals surface area contributed by atoms with Crippen LogP contribution >= 0.6 is 23.1 Å². The number of rotatable bonds is 4. The summed E-state index contributed by atoms with van der Waals surface area (Å²) in [6.45, 7) is 0. The van der Waals surface area contributed by atoms with Gasteiger partial charge in [0, 0.05) is 9.77 Å². The minimum Gasteiger partial charge on any atom is -0.478 e. The Kier molecular flexibility index (Phi) is 4.23. The highest BCUT2D eigenvalue weighted by atomic mass is 32.2. The third kappa shape index (κ3) is 3.03. The first-order chi connectivity index (χ1) is 8.70. The van der Waals surface area contributed by atoms with E-state index in [1.165, 1.54) is 11.3 Å². The molecule has 0 saturated heterocycles. The summed E-state index contributed by atoms with van der Waals surface area (Å²) >= 11 is 3.17. The highest BCUT2D eigenvalue weighted by Crippen LogP contribution is 2.23. The number of thiophene rings is 1. The van der Waals surface area contributed by atoms with Crippen molar-refractivity contribution in [1.82, 2.24) is 0 Å². The molecule has 0 unspecified atom stereocenters. The standard InChI is InChI=1S/C14H12O2S2/c1-17-11-6-4-10(5-7-11)13(14(15)16)9-12-3-2-8-18-12/h2-9H,1H3,(H,15,16)/b13-9+. The lowest BCUT2D eigenvalue weighted by molar-refractivity contribution is -0.130. The van der Waals surface area contributed by atoms with Crippen molar-refractivity contribution in [1.29, 1.82) is 0 Å². The number of hydrogen-bond donors (Lipinski definition) is 1. The molecule has 1 aromatic carbocycles. The zero-order chi connectivity index (χ0) is 13.0. The lowest BCUT2D eigenvalue weighted by Crippen LogP contribution is -1.99. The second kappa shape index (κ2) is 5.89. The van der Waals surface area contributed by atoms with Crippen molar-refractivity contribution in [3.05, 3.63) is 52.2 Å². The predicted molar refractivity (Wildman–Crippen MR) is 78.0 cm³/mol. The monoisotopic (exact) mass is 276 g/mol.